The van der Waals surface area contributed by atoms with Gasteiger partial charge in [0.05, 0.1) is 5.56 Å². The van der Waals surface area contributed by atoms with Crippen LogP contribution in [0.1, 0.15) is 23.6 Å². The van der Waals surface area contributed by atoms with E-state index in [1.807, 2.05) is 0 Å². The van der Waals surface area contributed by atoms with Gasteiger partial charge in [-0.2, -0.15) is 13.2 Å². The fourth-order valence-corrected chi connectivity index (χ4v) is 1.26. The molecule has 1 rings (SSSR count). The van der Waals surface area contributed by atoms with Crippen LogP contribution in [0.25, 0.3) is 0 Å². The molecule has 5 heteroatoms. The van der Waals surface area contributed by atoms with E-state index in [2.05, 4.69) is 6.58 Å². The fraction of sp³-hybridized carbons (Fsp3) is 0.273. The van der Waals surface area contributed by atoms with Crippen LogP contribution in [0.15, 0.2) is 36.9 Å². The van der Waals surface area contributed by atoms with Crippen LogP contribution in [-0.4, -0.2) is 0 Å². The second-order valence-corrected chi connectivity index (χ2v) is 3.25. The molecule has 1 aromatic rings. The molecule has 0 heterocycles. The molecule has 1 nitrogen and oxygen atoms in total. The van der Waals surface area contributed by atoms with Gasteiger partial charge in [-0.05, 0) is 24.1 Å². The van der Waals surface area contributed by atoms with Gasteiger partial charge in [0.25, 0.3) is 0 Å². The van der Waals surface area contributed by atoms with Gasteiger partial charge >= 0.3 is 6.18 Å². The minimum Gasteiger partial charge on any atom is -0.324 e. The van der Waals surface area contributed by atoms with Crippen molar-refractivity contribution in [1.82, 2.24) is 0 Å². The summed E-state index contributed by atoms with van der Waals surface area (Å²) in [7, 11) is 0. The Labute approximate surface area is 98.6 Å². The van der Waals surface area contributed by atoms with Crippen molar-refractivity contribution in [2.45, 2.75) is 18.6 Å². The van der Waals surface area contributed by atoms with E-state index < -0.39 is 17.8 Å². The molecule has 90 valence electrons. The molecule has 16 heavy (non-hydrogen) atoms. The number of alkyl halides is 3. The maximum absolute atomic E-state index is 12.4. The number of hydrogen-bond acceptors (Lipinski definition) is 1. The highest BCUT2D eigenvalue weighted by Crippen LogP contribution is 2.30. The Morgan fingerprint density at radius 1 is 1.38 bits per heavy atom. The van der Waals surface area contributed by atoms with E-state index in [1.165, 1.54) is 6.07 Å². The summed E-state index contributed by atoms with van der Waals surface area (Å²) < 4.78 is 37.1. The molecular formula is C11H13ClF3N. The third-order valence-corrected chi connectivity index (χ3v) is 2.06. The van der Waals surface area contributed by atoms with E-state index in [0.29, 0.717) is 12.0 Å². The number of nitrogens with two attached hydrogens (primary N) is 1. The number of hydrogen-bond donors (Lipinski definition) is 1. The molecule has 0 aliphatic carbocycles. The normalized spacial score (nSPS) is 12.8. The predicted octanol–water partition coefficient (Wildman–Crippen LogP) is 3.70. The van der Waals surface area contributed by atoms with Crippen molar-refractivity contribution in [2.24, 2.45) is 5.73 Å². The minimum absolute atomic E-state index is 0. The smallest absolute Gasteiger partial charge is 0.324 e. The first-order valence-electron chi connectivity index (χ1n) is 4.49. The van der Waals surface area contributed by atoms with Gasteiger partial charge in [0, 0.05) is 6.04 Å². The molecule has 2 N–H and O–H groups in total. The molecule has 0 radical (unpaired) electrons. The summed E-state index contributed by atoms with van der Waals surface area (Å²) in [4.78, 5) is 0. The zero-order chi connectivity index (χ0) is 11.5. The molecule has 0 bridgehead atoms. The molecular weight excluding hydrogens is 239 g/mol. The maximum atomic E-state index is 12.4. The molecule has 0 saturated carbocycles. The molecule has 0 aliphatic heterocycles. The molecule has 1 atom stereocenters. The van der Waals surface area contributed by atoms with Gasteiger partial charge in [0.2, 0.25) is 0 Å². The first kappa shape index (κ1) is 15.0. The lowest BCUT2D eigenvalue weighted by molar-refractivity contribution is -0.137. The quantitative estimate of drug-likeness (QED) is 0.815. The highest BCUT2D eigenvalue weighted by molar-refractivity contribution is 5.85. The summed E-state index contributed by atoms with van der Waals surface area (Å²) in [6, 6.07) is 4.63. The van der Waals surface area contributed by atoms with Crippen LogP contribution in [0, 0.1) is 0 Å². The van der Waals surface area contributed by atoms with Crippen molar-refractivity contribution in [3.8, 4) is 0 Å². The van der Waals surface area contributed by atoms with E-state index in [0.717, 1.165) is 12.1 Å². The van der Waals surface area contributed by atoms with Gasteiger partial charge in [-0.25, -0.2) is 0 Å². The van der Waals surface area contributed by atoms with Crippen molar-refractivity contribution in [1.29, 1.82) is 0 Å². The average molecular weight is 252 g/mol. The molecule has 1 aromatic carbocycles. The number of halogens is 4. The molecule has 0 spiro atoms. The zero-order valence-electron chi connectivity index (χ0n) is 8.50. The topological polar surface area (TPSA) is 26.0 Å². The molecule has 0 unspecified atom stereocenters. The van der Waals surface area contributed by atoms with Crippen LogP contribution in [0.5, 0.6) is 0 Å². The SMILES string of the molecule is C=CC[C@@H](N)c1cccc(C(F)(F)F)c1.Cl. The lowest BCUT2D eigenvalue weighted by Gasteiger charge is -2.12. The zero-order valence-corrected chi connectivity index (χ0v) is 9.31. The molecule has 0 aromatic heterocycles. The Balaban J connectivity index is 0.00000225. The summed E-state index contributed by atoms with van der Waals surface area (Å²) in [5.74, 6) is 0. The van der Waals surface area contributed by atoms with Crippen LogP contribution in [0.4, 0.5) is 13.2 Å². The second-order valence-electron chi connectivity index (χ2n) is 3.25. The maximum Gasteiger partial charge on any atom is 0.416 e. The van der Waals surface area contributed by atoms with Crippen molar-refractivity contribution in [2.75, 3.05) is 0 Å². The van der Waals surface area contributed by atoms with Crippen molar-refractivity contribution in [3.05, 3.63) is 48.0 Å². The first-order chi connectivity index (χ1) is 6.95. The van der Waals surface area contributed by atoms with E-state index in [9.17, 15) is 13.2 Å². The average Bonchev–Trinajstić information content (AvgIpc) is 2.17. The van der Waals surface area contributed by atoms with Crippen molar-refractivity contribution in [3.63, 3.8) is 0 Å². The molecule has 0 amide bonds. The predicted molar refractivity (Wildman–Crippen MR) is 60.4 cm³/mol. The van der Waals surface area contributed by atoms with Crippen LogP contribution in [0.3, 0.4) is 0 Å². The van der Waals surface area contributed by atoms with Crippen LogP contribution >= 0.6 is 12.4 Å². The largest absolute Gasteiger partial charge is 0.416 e. The highest BCUT2D eigenvalue weighted by atomic mass is 35.5. The Morgan fingerprint density at radius 2 is 2.00 bits per heavy atom. The molecule has 0 aliphatic rings. The van der Waals surface area contributed by atoms with E-state index in [1.54, 1.807) is 12.1 Å². The van der Waals surface area contributed by atoms with Gasteiger partial charge in [0.15, 0.2) is 0 Å². The summed E-state index contributed by atoms with van der Waals surface area (Å²) in [6.07, 6.45) is -2.27. The number of benzene rings is 1. The van der Waals surface area contributed by atoms with E-state index in [4.69, 9.17) is 5.73 Å². The second kappa shape index (κ2) is 5.92. The van der Waals surface area contributed by atoms with Crippen molar-refractivity contribution >= 4 is 12.4 Å². The van der Waals surface area contributed by atoms with Crippen LogP contribution in [0.2, 0.25) is 0 Å². The molecule has 0 saturated heterocycles. The Morgan fingerprint density at radius 3 is 2.50 bits per heavy atom. The third kappa shape index (κ3) is 3.87. The Kier molecular flexibility index (Phi) is 5.55. The number of rotatable bonds is 3. The first-order valence-corrected chi connectivity index (χ1v) is 4.49. The fourth-order valence-electron chi connectivity index (χ4n) is 1.26. The highest BCUT2D eigenvalue weighted by Gasteiger charge is 2.30. The summed E-state index contributed by atoms with van der Waals surface area (Å²) >= 11 is 0. The van der Waals surface area contributed by atoms with Gasteiger partial charge in [0.1, 0.15) is 0 Å². The molecule has 0 fully saturated rings. The summed E-state index contributed by atoms with van der Waals surface area (Å²) in [6.45, 7) is 3.50. The lowest BCUT2D eigenvalue weighted by Crippen LogP contribution is -2.11. The van der Waals surface area contributed by atoms with Gasteiger partial charge in [-0.1, -0.05) is 18.2 Å². The standard InChI is InChI=1S/C11H12F3N.ClH/c1-2-4-10(15)8-5-3-6-9(7-8)11(12,13)14;/h2-3,5-7,10H,1,4,15H2;1H/t10-;/m1./s1. The summed E-state index contributed by atoms with van der Waals surface area (Å²) in [5.41, 5.74) is 5.49. The van der Waals surface area contributed by atoms with Gasteiger partial charge in [-0.3, -0.25) is 0 Å². The van der Waals surface area contributed by atoms with Gasteiger partial charge < -0.3 is 5.73 Å². The monoisotopic (exact) mass is 251 g/mol. The van der Waals surface area contributed by atoms with E-state index >= 15 is 0 Å². The Bertz CT molecular complexity index is 349. The van der Waals surface area contributed by atoms with E-state index in [-0.39, 0.29) is 12.4 Å². The van der Waals surface area contributed by atoms with Crippen LogP contribution in [-0.2, 0) is 6.18 Å². The Hall–Kier alpha value is -1.00. The van der Waals surface area contributed by atoms with Crippen molar-refractivity contribution < 1.29 is 13.2 Å². The minimum atomic E-state index is -4.32. The third-order valence-electron chi connectivity index (χ3n) is 2.06. The summed E-state index contributed by atoms with van der Waals surface area (Å²) in [5, 5.41) is 0. The van der Waals surface area contributed by atoms with Crippen LogP contribution < -0.4 is 5.73 Å². The lowest BCUT2D eigenvalue weighted by atomic mass is 10.0. The van der Waals surface area contributed by atoms with Gasteiger partial charge in [-0.15, -0.1) is 19.0 Å².